The zero-order valence-electron chi connectivity index (χ0n) is 19.1. The minimum absolute atomic E-state index is 0.105. The Bertz CT molecular complexity index is 1040. The van der Waals surface area contributed by atoms with E-state index in [1.54, 1.807) is 12.1 Å². The van der Waals surface area contributed by atoms with Crippen LogP contribution in [0.3, 0.4) is 0 Å². The molecule has 6 nitrogen and oxygen atoms in total. The van der Waals surface area contributed by atoms with Gasteiger partial charge in [0.25, 0.3) is 5.91 Å². The highest BCUT2D eigenvalue weighted by Crippen LogP contribution is 2.34. The van der Waals surface area contributed by atoms with Gasteiger partial charge < -0.3 is 15.2 Å². The van der Waals surface area contributed by atoms with E-state index in [2.05, 4.69) is 17.4 Å². The molecule has 1 heterocycles. The average molecular weight is 505 g/mol. The summed E-state index contributed by atoms with van der Waals surface area (Å²) in [5.41, 5.74) is 4.04. The van der Waals surface area contributed by atoms with Gasteiger partial charge in [0.15, 0.2) is 0 Å². The van der Waals surface area contributed by atoms with Crippen LogP contribution in [-0.4, -0.2) is 40.7 Å². The number of hydrogen-bond acceptors (Lipinski definition) is 4. The molecular formula is C26H30Cl2N2O4. The van der Waals surface area contributed by atoms with Gasteiger partial charge in [-0.25, -0.2) is 4.79 Å². The predicted molar refractivity (Wildman–Crippen MR) is 132 cm³/mol. The molecule has 2 aromatic rings. The number of carboxylic acid groups (broad SMARTS) is 1. The molecular weight excluding hydrogens is 475 g/mol. The number of nitrogens with one attached hydrogen (secondary N) is 1. The molecule has 0 spiro atoms. The van der Waals surface area contributed by atoms with Crippen LogP contribution in [0, 0.1) is 5.92 Å². The highest BCUT2D eigenvalue weighted by Gasteiger charge is 2.30. The van der Waals surface area contributed by atoms with Gasteiger partial charge in [-0.05, 0) is 81.0 Å². The molecule has 8 heteroatoms. The van der Waals surface area contributed by atoms with Crippen LogP contribution in [0.5, 0.6) is 0 Å². The monoisotopic (exact) mass is 504 g/mol. The quantitative estimate of drug-likeness (QED) is 0.460. The molecule has 4 rings (SSSR count). The number of rotatable bonds is 10. The van der Waals surface area contributed by atoms with Crippen molar-refractivity contribution in [3.8, 4) is 0 Å². The molecule has 1 aromatic heterocycles. The smallest absolute Gasteiger partial charge is 0.326 e. The molecule has 0 bridgehead atoms. The van der Waals surface area contributed by atoms with Gasteiger partial charge >= 0.3 is 5.97 Å². The first-order chi connectivity index (χ1) is 16.4. The highest BCUT2D eigenvalue weighted by molar-refractivity contribution is 6.43. The molecule has 1 fully saturated rings. The van der Waals surface area contributed by atoms with Crippen LogP contribution in [0.1, 0.15) is 65.8 Å². The Labute approximate surface area is 210 Å². The van der Waals surface area contributed by atoms with Gasteiger partial charge in [0.1, 0.15) is 6.04 Å². The molecule has 182 valence electrons. The summed E-state index contributed by atoms with van der Waals surface area (Å²) in [6.45, 7) is 0.268. The fourth-order valence-electron chi connectivity index (χ4n) is 4.69. The number of pyridine rings is 1. The third-order valence-electron chi connectivity index (χ3n) is 6.80. The van der Waals surface area contributed by atoms with Gasteiger partial charge in [0, 0.05) is 24.4 Å². The molecule has 0 radical (unpaired) electrons. The molecule has 1 saturated carbocycles. The van der Waals surface area contributed by atoms with Crippen LogP contribution in [0.15, 0.2) is 30.3 Å². The summed E-state index contributed by atoms with van der Waals surface area (Å²) < 4.78 is 5.87. The van der Waals surface area contributed by atoms with E-state index in [9.17, 15) is 14.7 Å². The number of carbonyl (C=O) groups excluding carboxylic acids is 1. The maximum absolute atomic E-state index is 12.4. The van der Waals surface area contributed by atoms with Crippen molar-refractivity contribution in [3.63, 3.8) is 0 Å². The van der Waals surface area contributed by atoms with Crippen molar-refractivity contribution in [1.82, 2.24) is 10.3 Å². The van der Waals surface area contributed by atoms with Gasteiger partial charge in [-0.15, -0.1) is 0 Å². The molecule has 1 atom stereocenters. The summed E-state index contributed by atoms with van der Waals surface area (Å²) in [5.74, 6) is -1.07. The van der Waals surface area contributed by atoms with Gasteiger partial charge in [0.05, 0.1) is 21.7 Å². The van der Waals surface area contributed by atoms with Crippen LogP contribution < -0.4 is 5.32 Å². The Kier molecular flexibility index (Phi) is 8.46. The standard InChI is InChI=1S/C26H30Cl2N2O4/c27-21-6-3-5-20(24(21)28)25(31)30-23(26(32)33)12-13-34-19-14-16(15-19)8-10-18-11-9-17-4-1-2-7-22(17)29-18/h3,5-6,9,11,16,19,23H,1-2,4,7-8,10,12-15H2,(H,30,31)(H,32,33). The molecule has 1 amide bonds. The summed E-state index contributed by atoms with van der Waals surface area (Å²) in [6, 6.07) is 8.03. The number of amides is 1. The third-order valence-corrected chi connectivity index (χ3v) is 7.62. The van der Waals surface area contributed by atoms with E-state index in [-0.39, 0.29) is 34.7 Å². The van der Waals surface area contributed by atoms with Crippen LogP contribution in [0.25, 0.3) is 0 Å². The Morgan fingerprint density at radius 3 is 2.74 bits per heavy atom. The minimum atomic E-state index is -1.11. The molecule has 34 heavy (non-hydrogen) atoms. The summed E-state index contributed by atoms with van der Waals surface area (Å²) in [5, 5.41) is 12.3. The molecule has 2 aliphatic carbocycles. The van der Waals surface area contributed by atoms with Crippen molar-refractivity contribution in [2.45, 2.75) is 69.9 Å². The second-order valence-electron chi connectivity index (χ2n) is 9.24. The Hall–Kier alpha value is -2.15. The summed E-state index contributed by atoms with van der Waals surface area (Å²) in [6.07, 6.45) is 9.15. The Morgan fingerprint density at radius 1 is 1.15 bits per heavy atom. The maximum atomic E-state index is 12.4. The number of carbonyl (C=O) groups is 2. The van der Waals surface area contributed by atoms with Crippen molar-refractivity contribution in [2.75, 3.05) is 6.61 Å². The van der Waals surface area contributed by atoms with E-state index in [4.69, 9.17) is 32.9 Å². The van der Waals surface area contributed by atoms with Crippen molar-refractivity contribution >= 4 is 35.1 Å². The van der Waals surface area contributed by atoms with Crippen molar-refractivity contribution in [2.24, 2.45) is 5.92 Å². The zero-order chi connectivity index (χ0) is 24.1. The van der Waals surface area contributed by atoms with Gasteiger partial charge in [-0.2, -0.15) is 0 Å². The molecule has 1 aromatic carbocycles. The van der Waals surface area contributed by atoms with E-state index in [0.29, 0.717) is 5.92 Å². The normalized spacial score (nSPS) is 20.2. The summed E-state index contributed by atoms with van der Waals surface area (Å²) >= 11 is 12.0. The number of aryl methyl sites for hydroxylation is 3. The molecule has 2 aliphatic rings. The van der Waals surface area contributed by atoms with E-state index >= 15 is 0 Å². The third kappa shape index (κ3) is 6.29. The number of nitrogens with zero attached hydrogens (tertiary/aromatic N) is 1. The van der Waals surface area contributed by atoms with Crippen LogP contribution in [0.4, 0.5) is 0 Å². The number of hydrogen-bond donors (Lipinski definition) is 2. The van der Waals surface area contributed by atoms with E-state index < -0.39 is 17.9 Å². The SMILES string of the molecule is O=C(NC(CCOC1CC(CCc2ccc3c(n2)CCCC3)C1)C(=O)O)c1cccc(Cl)c1Cl. The van der Waals surface area contributed by atoms with Gasteiger partial charge in [-0.3, -0.25) is 9.78 Å². The van der Waals surface area contributed by atoms with Gasteiger partial charge in [0.2, 0.25) is 0 Å². The molecule has 0 aliphatic heterocycles. The number of fused-ring (bicyclic) bond motifs is 1. The lowest BCUT2D eigenvalue weighted by molar-refractivity contribution is -0.140. The number of aromatic nitrogens is 1. The molecule has 0 saturated heterocycles. The maximum Gasteiger partial charge on any atom is 0.326 e. The summed E-state index contributed by atoms with van der Waals surface area (Å²) in [7, 11) is 0. The van der Waals surface area contributed by atoms with Gasteiger partial charge in [-0.1, -0.05) is 35.3 Å². The number of carboxylic acids is 1. The van der Waals surface area contributed by atoms with Crippen molar-refractivity contribution < 1.29 is 19.4 Å². The summed E-state index contributed by atoms with van der Waals surface area (Å²) in [4.78, 5) is 28.9. The van der Waals surface area contributed by atoms with E-state index in [0.717, 1.165) is 38.5 Å². The fraction of sp³-hybridized carbons (Fsp3) is 0.500. The second-order valence-corrected chi connectivity index (χ2v) is 10.0. The Morgan fingerprint density at radius 2 is 1.94 bits per heavy atom. The molecule has 2 N–H and O–H groups in total. The van der Waals surface area contributed by atoms with Crippen LogP contribution in [0.2, 0.25) is 10.0 Å². The van der Waals surface area contributed by atoms with E-state index in [1.807, 2.05) is 0 Å². The predicted octanol–water partition coefficient (Wildman–Crippen LogP) is 5.27. The first-order valence-electron chi connectivity index (χ1n) is 12.0. The average Bonchev–Trinajstić information content (AvgIpc) is 2.80. The fourth-order valence-corrected chi connectivity index (χ4v) is 5.08. The van der Waals surface area contributed by atoms with Crippen molar-refractivity contribution in [3.05, 3.63) is 62.9 Å². The zero-order valence-corrected chi connectivity index (χ0v) is 20.6. The molecule has 1 unspecified atom stereocenters. The number of aliphatic carboxylic acids is 1. The van der Waals surface area contributed by atoms with Crippen LogP contribution in [-0.2, 0) is 28.8 Å². The first kappa shape index (κ1) is 25.0. The topological polar surface area (TPSA) is 88.5 Å². The van der Waals surface area contributed by atoms with E-state index in [1.165, 1.54) is 35.9 Å². The second kappa shape index (κ2) is 11.5. The minimum Gasteiger partial charge on any atom is -0.480 e. The highest BCUT2D eigenvalue weighted by atomic mass is 35.5. The lowest BCUT2D eigenvalue weighted by Gasteiger charge is -2.35. The van der Waals surface area contributed by atoms with Crippen LogP contribution >= 0.6 is 23.2 Å². The Balaban J connectivity index is 1.16. The first-order valence-corrected chi connectivity index (χ1v) is 12.7. The number of ether oxygens (including phenoxy) is 1. The number of benzene rings is 1. The number of halogens is 2. The largest absolute Gasteiger partial charge is 0.480 e. The lowest BCUT2D eigenvalue weighted by Crippen LogP contribution is -2.42. The van der Waals surface area contributed by atoms with Crippen molar-refractivity contribution in [1.29, 1.82) is 0 Å². The lowest BCUT2D eigenvalue weighted by atomic mass is 9.79.